The number of nitrogens with zero attached hydrogens (tertiary/aromatic N) is 3. The van der Waals surface area contributed by atoms with Gasteiger partial charge in [-0.15, -0.1) is 0 Å². The number of hydrogen-bond donors (Lipinski definition) is 2. The second-order valence-electron chi connectivity index (χ2n) is 6.83. The molecular weight excluding hydrogens is 323 g/mol. The van der Waals surface area contributed by atoms with Crippen molar-refractivity contribution in [1.82, 2.24) is 14.8 Å². The number of nitrogens with one attached hydrogen (secondary N) is 1. The van der Waals surface area contributed by atoms with Crippen LogP contribution in [0.4, 0.5) is 4.39 Å². The van der Waals surface area contributed by atoms with E-state index in [4.69, 9.17) is 4.74 Å². The molecule has 0 amide bonds. The Morgan fingerprint density at radius 2 is 2.32 bits per heavy atom. The smallest absolute Gasteiger partial charge is 0.194 e. The summed E-state index contributed by atoms with van der Waals surface area (Å²) in [5, 5.41) is 14.2. The Morgan fingerprint density at radius 1 is 1.44 bits per heavy atom. The van der Waals surface area contributed by atoms with Gasteiger partial charge in [-0.1, -0.05) is 0 Å². The van der Waals surface area contributed by atoms with Gasteiger partial charge in [0.2, 0.25) is 0 Å². The van der Waals surface area contributed by atoms with Crippen LogP contribution in [0.5, 0.6) is 0 Å². The number of hydrogen-bond acceptors (Lipinski definition) is 5. The largest absolute Gasteiger partial charge is 0.394 e. The molecule has 0 aliphatic carbocycles. The fourth-order valence-corrected chi connectivity index (χ4v) is 3.78. The fraction of sp³-hybridized carbons (Fsp3) is 0.500. The highest BCUT2D eigenvalue weighted by molar-refractivity contribution is 5.85. The summed E-state index contributed by atoms with van der Waals surface area (Å²) >= 11 is 0. The van der Waals surface area contributed by atoms with Crippen molar-refractivity contribution in [3.8, 4) is 0 Å². The van der Waals surface area contributed by atoms with Gasteiger partial charge in [0.15, 0.2) is 5.96 Å². The molecular formula is C18H23FN4O2. The van der Waals surface area contributed by atoms with Gasteiger partial charge in [-0.2, -0.15) is 0 Å². The lowest BCUT2D eigenvalue weighted by molar-refractivity contribution is -0.0467. The molecule has 134 valence electrons. The van der Waals surface area contributed by atoms with Gasteiger partial charge >= 0.3 is 0 Å². The quantitative estimate of drug-likeness (QED) is 0.863. The van der Waals surface area contributed by atoms with E-state index in [0.29, 0.717) is 19.8 Å². The standard InChI is InChI=1S/C18H23FN4O2/c1-22-9-13(15-3-2-14(19)8-16(15)22)4-5-20-17-21-10-18(11-24)12-25-7-6-23(17)18/h2-3,8-9,24H,4-7,10-12H2,1H3,(H,20,21). The number of ether oxygens (including phenoxy) is 1. The van der Waals surface area contributed by atoms with E-state index in [-0.39, 0.29) is 12.4 Å². The third-order valence-electron chi connectivity index (χ3n) is 5.19. The highest BCUT2D eigenvalue weighted by atomic mass is 19.1. The van der Waals surface area contributed by atoms with E-state index < -0.39 is 5.54 Å². The van der Waals surface area contributed by atoms with E-state index in [1.54, 1.807) is 6.07 Å². The van der Waals surface area contributed by atoms with Crippen molar-refractivity contribution in [3.05, 3.63) is 35.8 Å². The molecule has 1 saturated heterocycles. The Hall–Kier alpha value is -2.12. The van der Waals surface area contributed by atoms with Crippen LogP contribution < -0.4 is 5.32 Å². The molecule has 0 saturated carbocycles. The molecule has 2 aliphatic rings. The first-order chi connectivity index (χ1) is 12.1. The number of aliphatic imine (C=N–C) groups is 1. The van der Waals surface area contributed by atoms with Crippen molar-refractivity contribution in [3.63, 3.8) is 0 Å². The molecule has 2 aromatic rings. The molecule has 0 spiro atoms. The van der Waals surface area contributed by atoms with Crippen molar-refractivity contribution in [2.24, 2.45) is 12.0 Å². The zero-order chi connectivity index (χ0) is 17.4. The third kappa shape index (κ3) is 2.77. The molecule has 1 aromatic carbocycles. The van der Waals surface area contributed by atoms with Crippen LogP contribution in [0.1, 0.15) is 5.56 Å². The number of guanidine groups is 1. The summed E-state index contributed by atoms with van der Waals surface area (Å²) in [6.45, 7) is 3.22. The Kier molecular flexibility index (Phi) is 4.13. The van der Waals surface area contributed by atoms with Crippen LogP contribution in [0.15, 0.2) is 29.4 Å². The maximum absolute atomic E-state index is 13.4. The number of aromatic nitrogens is 1. The minimum Gasteiger partial charge on any atom is -0.394 e. The Labute approximate surface area is 145 Å². The summed E-state index contributed by atoms with van der Waals surface area (Å²) in [6.07, 6.45) is 2.87. The van der Waals surface area contributed by atoms with Gasteiger partial charge in [-0.25, -0.2) is 4.39 Å². The van der Waals surface area contributed by atoms with Crippen LogP contribution in [0.2, 0.25) is 0 Å². The number of rotatable bonds is 4. The maximum atomic E-state index is 13.4. The number of morpholine rings is 1. The predicted molar refractivity (Wildman–Crippen MR) is 94.2 cm³/mol. The third-order valence-corrected chi connectivity index (χ3v) is 5.19. The maximum Gasteiger partial charge on any atom is 0.194 e. The van der Waals surface area contributed by atoms with E-state index in [1.165, 1.54) is 11.6 Å². The molecule has 2 aliphatic heterocycles. The first-order valence-electron chi connectivity index (χ1n) is 8.61. The Morgan fingerprint density at radius 3 is 3.16 bits per heavy atom. The van der Waals surface area contributed by atoms with E-state index in [2.05, 4.69) is 21.4 Å². The Balaban J connectivity index is 1.43. The van der Waals surface area contributed by atoms with Gasteiger partial charge in [-0.05, 0) is 30.2 Å². The summed E-state index contributed by atoms with van der Waals surface area (Å²) in [7, 11) is 1.93. The molecule has 3 heterocycles. The molecule has 4 rings (SSSR count). The molecule has 1 atom stereocenters. The molecule has 0 bridgehead atoms. The van der Waals surface area contributed by atoms with Crippen molar-refractivity contribution in [2.45, 2.75) is 12.0 Å². The average Bonchev–Trinajstić information content (AvgIpc) is 3.14. The topological polar surface area (TPSA) is 62.0 Å². The number of fused-ring (bicyclic) bond motifs is 2. The van der Waals surface area contributed by atoms with Gasteiger partial charge < -0.3 is 24.6 Å². The van der Waals surface area contributed by atoms with Gasteiger partial charge in [0.25, 0.3) is 0 Å². The lowest BCUT2D eigenvalue weighted by Crippen LogP contribution is -2.61. The summed E-state index contributed by atoms with van der Waals surface area (Å²) in [5.41, 5.74) is 1.68. The predicted octanol–water partition coefficient (Wildman–Crippen LogP) is 0.882. The van der Waals surface area contributed by atoms with Crippen LogP contribution >= 0.6 is 0 Å². The second-order valence-corrected chi connectivity index (χ2v) is 6.83. The average molecular weight is 346 g/mol. The van der Waals surface area contributed by atoms with E-state index in [1.807, 2.05) is 17.7 Å². The van der Waals surface area contributed by atoms with Crippen LogP contribution in [-0.2, 0) is 18.2 Å². The van der Waals surface area contributed by atoms with E-state index in [0.717, 1.165) is 36.4 Å². The van der Waals surface area contributed by atoms with Crippen molar-refractivity contribution >= 4 is 16.9 Å². The monoisotopic (exact) mass is 346 g/mol. The summed E-state index contributed by atoms with van der Waals surface area (Å²) in [6, 6.07) is 4.91. The normalized spacial score (nSPS) is 23.0. The lowest BCUT2D eigenvalue weighted by atomic mass is 10.00. The first kappa shape index (κ1) is 16.4. The molecule has 7 heteroatoms. The molecule has 2 N–H and O–H groups in total. The zero-order valence-electron chi connectivity index (χ0n) is 14.3. The SMILES string of the molecule is Cn1cc(CCNC2=NCC3(CO)COCCN23)c2ccc(F)cc21. The van der Waals surface area contributed by atoms with E-state index >= 15 is 0 Å². The molecule has 1 fully saturated rings. The summed E-state index contributed by atoms with van der Waals surface area (Å²) in [4.78, 5) is 6.70. The van der Waals surface area contributed by atoms with Gasteiger partial charge in [0, 0.05) is 31.7 Å². The Bertz CT molecular complexity index is 819. The fourth-order valence-electron chi connectivity index (χ4n) is 3.78. The highest BCUT2D eigenvalue weighted by Crippen LogP contribution is 2.26. The number of aliphatic hydroxyl groups excluding tert-OH is 1. The molecule has 25 heavy (non-hydrogen) atoms. The lowest BCUT2D eigenvalue weighted by Gasteiger charge is -2.41. The van der Waals surface area contributed by atoms with Crippen LogP contribution in [0, 0.1) is 5.82 Å². The number of aryl methyl sites for hydroxylation is 1. The van der Waals surface area contributed by atoms with Gasteiger partial charge in [-0.3, -0.25) is 4.99 Å². The second kappa shape index (κ2) is 6.31. The molecule has 0 radical (unpaired) electrons. The van der Waals surface area contributed by atoms with Crippen molar-refractivity contribution < 1.29 is 14.2 Å². The molecule has 6 nitrogen and oxygen atoms in total. The highest BCUT2D eigenvalue weighted by Gasteiger charge is 2.44. The van der Waals surface area contributed by atoms with Crippen LogP contribution in [0.3, 0.4) is 0 Å². The van der Waals surface area contributed by atoms with Crippen molar-refractivity contribution in [1.29, 1.82) is 0 Å². The molecule has 1 aromatic heterocycles. The number of benzene rings is 1. The van der Waals surface area contributed by atoms with E-state index in [9.17, 15) is 9.50 Å². The summed E-state index contributed by atoms with van der Waals surface area (Å²) in [5.74, 6) is 0.620. The van der Waals surface area contributed by atoms with Gasteiger partial charge in [0.1, 0.15) is 11.4 Å². The van der Waals surface area contributed by atoms with Crippen LogP contribution in [-0.4, -0.2) is 65.5 Å². The summed E-state index contributed by atoms with van der Waals surface area (Å²) < 4.78 is 20.9. The first-order valence-corrected chi connectivity index (χ1v) is 8.61. The zero-order valence-corrected chi connectivity index (χ0v) is 14.3. The minimum absolute atomic E-state index is 0.0383. The van der Waals surface area contributed by atoms with Gasteiger partial charge in [0.05, 0.1) is 31.9 Å². The van der Waals surface area contributed by atoms with Crippen LogP contribution in [0.25, 0.3) is 10.9 Å². The van der Waals surface area contributed by atoms with Crippen molar-refractivity contribution in [2.75, 3.05) is 39.5 Å². The minimum atomic E-state index is -0.405. The number of halogens is 1. The molecule has 1 unspecified atom stereocenters. The number of aliphatic hydroxyl groups is 1.